The fourth-order valence-electron chi connectivity index (χ4n) is 7.63. The maximum atomic E-state index is 13.4. The Morgan fingerprint density at radius 1 is 0.753 bits per heavy atom. The van der Waals surface area contributed by atoms with Crippen molar-refractivity contribution in [2.75, 3.05) is 39.4 Å². The van der Waals surface area contributed by atoms with E-state index in [0.29, 0.717) is 67.0 Å². The van der Waals surface area contributed by atoms with Gasteiger partial charge < -0.3 is 49.4 Å². The topological polar surface area (TPSA) is 213 Å². The van der Waals surface area contributed by atoms with Gasteiger partial charge in [-0.15, -0.1) is 16.2 Å². The van der Waals surface area contributed by atoms with E-state index in [-0.39, 0.29) is 55.0 Å². The van der Waals surface area contributed by atoms with Crippen LogP contribution in [0, 0.1) is 35.8 Å². The second kappa shape index (κ2) is 28.0. The predicted molar refractivity (Wildman–Crippen MR) is 295 cm³/mol. The van der Waals surface area contributed by atoms with Gasteiger partial charge in [0.05, 0.1) is 23.8 Å². The Morgan fingerprint density at radius 2 is 1.12 bits per heavy atom. The Labute approximate surface area is 462 Å². The summed E-state index contributed by atoms with van der Waals surface area (Å²) in [6, 6.07) is 11.9. The van der Waals surface area contributed by atoms with Crippen LogP contribution in [0.15, 0.2) is 70.2 Å². The molecule has 2 aliphatic heterocycles. The number of thiazole rings is 2. The molecule has 73 heavy (non-hydrogen) atoms. The van der Waals surface area contributed by atoms with Crippen molar-refractivity contribution in [2.24, 2.45) is 5.34 Å². The number of amides is 2. The Morgan fingerprint density at radius 3 is 1.45 bits per heavy atom. The number of aromatic nitrogens is 6. The molecule has 2 aliphatic rings. The van der Waals surface area contributed by atoms with Gasteiger partial charge in [-0.05, 0) is 126 Å². The van der Waals surface area contributed by atoms with Gasteiger partial charge in [-0.25, -0.2) is 38.7 Å². The predicted octanol–water partition coefficient (Wildman–Crippen LogP) is 12.8. The van der Waals surface area contributed by atoms with Gasteiger partial charge in [0.25, 0.3) is 0 Å². The first kappa shape index (κ1) is 62.2. The van der Waals surface area contributed by atoms with Crippen LogP contribution >= 0.6 is 66.8 Å². The average Bonchev–Trinajstić information content (AvgIpc) is 3.94. The Hall–Kier alpha value is -5.09. The normalized spacial score (nSPS) is 14.8. The molecule has 0 saturated carbocycles. The number of hydrogen-bond acceptors (Lipinski definition) is 17. The first-order valence-electron chi connectivity index (χ1n) is 22.0. The van der Waals surface area contributed by atoms with Gasteiger partial charge >= 0.3 is 39.6 Å². The molecule has 4 aromatic heterocycles. The van der Waals surface area contributed by atoms with E-state index in [1.165, 1.54) is 58.3 Å². The van der Waals surface area contributed by atoms with Crippen molar-refractivity contribution in [2.45, 2.75) is 105 Å². The largest absolute Gasteiger partial charge is 0.512 e. The summed E-state index contributed by atoms with van der Waals surface area (Å²) >= 11 is 13.5. The van der Waals surface area contributed by atoms with Crippen LogP contribution in [0.2, 0.25) is 0 Å². The van der Waals surface area contributed by atoms with Gasteiger partial charge in [-0.1, -0.05) is 25.2 Å². The van der Waals surface area contributed by atoms with E-state index in [1.807, 2.05) is 32.6 Å². The minimum atomic E-state index is -0.429. The number of carbonyl (C=O) groups is 2. The van der Waals surface area contributed by atoms with Crippen LogP contribution in [0.4, 0.5) is 36.9 Å². The Kier molecular flexibility index (Phi) is 23.8. The molecule has 2 aromatic carbocycles. The third-order valence-corrected chi connectivity index (χ3v) is 13.1. The monoisotopic (exact) mass is 1280 g/mol. The molecular formula is C48H56Br3CuF2N13O4S2-2. The molecule has 6 heterocycles. The number of halogens is 5. The smallest absolute Gasteiger partial charge is 0.358 e. The van der Waals surface area contributed by atoms with Crippen LogP contribution in [-0.2, 0) is 25.8 Å². The standard InChI is InChI=1S/C21H21BrFN5OS.C21H23FN6OS.C4H9NO2.CN.CH3.2BrH.Cu/c1-5-14-20(29)27(4)15-10-24-18(26-19(15)28(14)11(2)3)17-16(25-21(22)30-17)12-6-8-13(23)9-7-12;1-5-14-20(29)27(4)15-10-24-18(26-19(15)28(14)11(2)3)17-16(25-21(23)30-17)12-6-8-13(22)9-7-12;1-4(2,3)7-5-6;1-2;;;;/h6-11,14H,5H2,1-4H3;6-11,14H,5H2,1-4H3,(H2,23,25);1-3H3;;1H3;2*1H;/q;;;2*-1;;;+2/p-2/t2*14-;;;;;;/m11....../s1. The molecule has 25 heteroatoms. The van der Waals surface area contributed by atoms with Crippen molar-refractivity contribution >= 4 is 107 Å². The number of carbonyl (C=O) groups excluding carboxylic acids is 2. The van der Waals surface area contributed by atoms with Crippen molar-refractivity contribution in [3.05, 3.63) is 95.4 Å². The number of nitrogen functional groups attached to an aromatic ring is 1. The average molecular weight is 1280 g/mol. The van der Waals surface area contributed by atoms with E-state index >= 15 is 0 Å². The third kappa shape index (κ3) is 15.0. The summed E-state index contributed by atoms with van der Waals surface area (Å²) in [5, 5.41) is 8.89. The number of likely N-dealkylation sites (N-methyl/N-ethyl adjacent to an activating group) is 2. The van der Waals surface area contributed by atoms with Crippen molar-refractivity contribution in [1.82, 2.24) is 29.9 Å². The van der Waals surface area contributed by atoms with Gasteiger partial charge in [0, 0.05) is 37.3 Å². The van der Waals surface area contributed by atoms with Gasteiger partial charge in [0.1, 0.15) is 50.4 Å². The van der Waals surface area contributed by atoms with Crippen LogP contribution in [0.5, 0.6) is 0 Å². The molecule has 17 nitrogen and oxygen atoms in total. The molecule has 0 radical (unpaired) electrons. The maximum Gasteiger partial charge on any atom is -0.358 e. The second-order valence-corrected chi connectivity index (χ2v) is 25.2. The zero-order valence-corrected chi connectivity index (χ0v) is 49.4. The van der Waals surface area contributed by atoms with Gasteiger partial charge in [-0.2, -0.15) is 0 Å². The van der Waals surface area contributed by atoms with Crippen molar-refractivity contribution < 1.29 is 34.5 Å². The van der Waals surface area contributed by atoms with E-state index in [2.05, 4.69) is 93.0 Å². The molecule has 8 rings (SSSR count). The number of fused-ring (bicyclic) bond motifs is 2. The summed E-state index contributed by atoms with van der Waals surface area (Å²) in [5.74, 6) is 1.90. The van der Waals surface area contributed by atoms with E-state index in [9.17, 15) is 23.3 Å². The summed E-state index contributed by atoms with van der Waals surface area (Å²) in [5.41, 5.74) is 9.75. The molecule has 397 valence electrons. The minimum absolute atomic E-state index is 0. The fraction of sp³-hybridized carbons (Fsp3) is 0.375. The summed E-state index contributed by atoms with van der Waals surface area (Å²) in [6.45, 7) is 22.2. The molecule has 0 spiro atoms. The van der Waals surface area contributed by atoms with Crippen molar-refractivity contribution in [1.29, 1.82) is 5.26 Å². The number of nitrogens with two attached hydrogens (primary N) is 1. The zero-order valence-electron chi connectivity index (χ0n) is 42.1. The first-order valence-corrected chi connectivity index (χ1v) is 29.0. The van der Waals surface area contributed by atoms with Crippen LogP contribution in [0.1, 0.15) is 75.2 Å². The summed E-state index contributed by atoms with van der Waals surface area (Å²) in [7, 11) is 3.51. The number of rotatable bonds is 9. The van der Waals surface area contributed by atoms with Crippen LogP contribution in [0.25, 0.3) is 43.9 Å². The van der Waals surface area contributed by atoms with Gasteiger partial charge in [-0.3, -0.25) is 9.59 Å². The fourth-order valence-corrected chi connectivity index (χ4v) is 9.84. The molecule has 0 saturated heterocycles. The van der Waals surface area contributed by atoms with E-state index in [1.54, 1.807) is 81.3 Å². The van der Waals surface area contributed by atoms with E-state index < -0.39 is 5.60 Å². The van der Waals surface area contributed by atoms with Gasteiger partial charge in [0.2, 0.25) is 11.8 Å². The quantitative estimate of drug-likeness (QED) is 0.0617. The summed E-state index contributed by atoms with van der Waals surface area (Å²) < 4.78 is 27.5. The van der Waals surface area contributed by atoms with E-state index in [0.717, 1.165) is 21.8 Å². The Bertz CT molecular complexity index is 2640. The molecule has 6 aromatic rings. The summed E-state index contributed by atoms with van der Waals surface area (Å²) in [4.78, 5) is 76.0. The van der Waals surface area contributed by atoms with Crippen LogP contribution in [-0.4, -0.2) is 85.6 Å². The van der Waals surface area contributed by atoms with Crippen molar-refractivity contribution in [3.8, 4) is 43.9 Å². The number of anilines is 5. The molecule has 0 bridgehead atoms. The van der Waals surface area contributed by atoms with E-state index in [4.69, 9.17) is 27.5 Å². The minimum Gasteiger partial charge on any atom is -0.512 e. The first-order chi connectivity index (χ1) is 34.1. The molecular weight excluding hydrogens is 1230 g/mol. The molecule has 2 atom stereocenters. The molecule has 0 aliphatic carbocycles. The molecule has 2 amide bonds. The summed E-state index contributed by atoms with van der Waals surface area (Å²) in [6.07, 6.45) is 4.72. The molecule has 0 unspecified atom stereocenters. The number of hydrogen-bond donors (Lipinski definition) is 1. The van der Waals surface area contributed by atoms with Gasteiger partial charge in [0.15, 0.2) is 37.7 Å². The maximum absolute atomic E-state index is 13.4. The zero-order chi connectivity index (χ0) is 53.8. The van der Waals surface area contributed by atoms with Crippen LogP contribution in [0.3, 0.4) is 0 Å². The SMILES string of the molecule is CC(C)(C)ON=O.CC[C@@H]1C(=O)N(C)c2cnc(-c3sc(Br)nc3-c3ccc(F)cc3)nc2N1C(C)C.CC[C@@H]1C(=O)N(C)c2cnc(-c3sc(N)nc3-c3ccc(F)cc3)nc2N1C(C)C.[Br][Cu][Br].[C-]#N.[CH3-]. The molecule has 0 fully saturated rings. The van der Waals surface area contributed by atoms with Crippen molar-refractivity contribution in [3.63, 3.8) is 0 Å². The van der Waals surface area contributed by atoms with Crippen LogP contribution < -0.4 is 25.3 Å². The second-order valence-electron chi connectivity index (χ2n) is 17.2. The molecule has 2 N–H and O–H groups in total. The number of benzene rings is 2. The third-order valence-electron chi connectivity index (χ3n) is 10.7. The number of nitrogens with zero attached hydrogens (tertiary/aromatic N) is 12. The Balaban J connectivity index is 0.000000313.